The average molecular weight is 299 g/mol. The van der Waals surface area contributed by atoms with Gasteiger partial charge < -0.3 is 9.32 Å². The zero-order valence-corrected chi connectivity index (χ0v) is 12.0. The van der Waals surface area contributed by atoms with E-state index in [2.05, 4.69) is 4.98 Å². The zero-order valence-electron chi connectivity index (χ0n) is 10.5. The molecule has 0 saturated carbocycles. The highest BCUT2D eigenvalue weighted by Gasteiger charge is 2.18. The molecule has 2 heterocycles. The molecule has 0 saturated heterocycles. The fraction of sp³-hybridized carbons (Fsp3) is 0.231. The monoisotopic (exact) mass is 298 g/mol. The summed E-state index contributed by atoms with van der Waals surface area (Å²) in [7, 11) is 1.67. The van der Waals surface area contributed by atoms with Gasteiger partial charge in [-0.1, -0.05) is 23.2 Å². The number of aryl methyl sites for hydroxylation is 1. The molecule has 0 spiro atoms. The van der Waals surface area contributed by atoms with Crippen molar-refractivity contribution in [3.8, 4) is 0 Å². The Morgan fingerprint density at radius 2 is 2.11 bits per heavy atom. The van der Waals surface area contributed by atoms with Gasteiger partial charge in [-0.25, -0.2) is 4.98 Å². The van der Waals surface area contributed by atoms with E-state index in [1.165, 1.54) is 4.90 Å². The number of hydrogen-bond donors (Lipinski definition) is 0. The van der Waals surface area contributed by atoms with Gasteiger partial charge >= 0.3 is 0 Å². The third-order valence-electron chi connectivity index (χ3n) is 2.74. The van der Waals surface area contributed by atoms with Crippen LogP contribution in [0.3, 0.4) is 0 Å². The third-order valence-corrected chi connectivity index (χ3v) is 3.25. The average Bonchev–Trinajstić information content (AvgIpc) is 2.77. The maximum atomic E-state index is 12.2. The molecule has 0 aromatic carbocycles. The molecule has 2 rings (SSSR count). The van der Waals surface area contributed by atoms with Gasteiger partial charge in [0.15, 0.2) is 0 Å². The number of hydrogen-bond acceptors (Lipinski definition) is 3. The summed E-state index contributed by atoms with van der Waals surface area (Å²) in [4.78, 5) is 17.7. The second-order valence-electron chi connectivity index (χ2n) is 4.13. The predicted octanol–water partition coefficient (Wildman–Crippen LogP) is 3.56. The summed E-state index contributed by atoms with van der Waals surface area (Å²) in [6, 6.07) is 4.92. The van der Waals surface area contributed by atoms with Crippen LogP contribution in [-0.2, 0) is 6.54 Å². The summed E-state index contributed by atoms with van der Waals surface area (Å²) in [5, 5.41) is 0.519. The van der Waals surface area contributed by atoms with Crippen molar-refractivity contribution in [3.05, 3.63) is 51.7 Å². The van der Waals surface area contributed by atoms with E-state index in [0.717, 1.165) is 11.3 Å². The molecule has 0 aliphatic carbocycles. The van der Waals surface area contributed by atoms with Crippen molar-refractivity contribution >= 4 is 29.1 Å². The minimum atomic E-state index is -0.284. The summed E-state index contributed by atoms with van der Waals surface area (Å²) >= 11 is 11.7. The lowest BCUT2D eigenvalue weighted by Gasteiger charge is -2.17. The topological polar surface area (TPSA) is 46.3 Å². The first-order valence-electron chi connectivity index (χ1n) is 5.59. The fourth-order valence-corrected chi connectivity index (χ4v) is 1.99. The van der Waals surface area contributed by atoms with Gasteiger partial charge in [-0.3, -0.25) is 4.79 Å². The highest BCUT2D eigenvalue weighted by molar-refractivity contribution is 6.34. The second kappa shape index (κ2) is 5.63. The number of halogens is 2. The number of furan rings is 1. The van der Waals surface area contributed by atoms with Gasteiger partial charge in [0.05, 0.1) is 11.3 Å². The molecular weight excluding hydrogens is 287 g/mol. The third kappa shape index (κ3) is 3.08. The lowest BCUT2D eigenvalue weighted by Crippen LogP contribution is -2.27. The van der Waals surface area contributed by atoms with Crippen LogP contribution in [0.2, 0.25) is 10.2 Å². The molecule has 2 aromatic rings. The van der Waals surface area contributed by atoms with Crippen molar-refractivity contribution in [2.75, 3.05) is 7.05 Å². The molecule has 19 heavy (non-hydrogen) atoms. The Bertz CT molecular complexity index is 610. The maximum Gasteiger partial charge on any atom is 0.274 e. The molecule has 0 atom stereocenters. The van der Waals surface area contributed by atoms with E-state index in [1.54, 1.807) is 25.4 Å². The largest absolute Gasteiger partial charge is 0.469 e. The van der Waals surface area contributed by atoms with Crippen LogP contribution in [0.4, 0.5) is 0 Å². The van der Waals surface area contributed by atoms with Gasteiger partial charge in [0.2, 0.25) is 0 Å². The number of carbonyl (C=O) groups excluding carboxylic acids is 1. The zero-order chi connectivity index (χ0) is 14.0. The first kappa shape index (κ1) is 13.9. The van der Waals surface area contributed by atoms with Crippen molar-refractivity contribution in [1.82, 2.24) is 9.88 Å². The Labute approximate surface area is 120 Å². The minimum absolute atomic E-state index is 0.151. The summed E-state index contributed by atoms with van der Waals surface area (Å²) < 4.78 is 5.19. The normalized spacial score (nSPS) is 10.5. The molecule has 1 amide bonds. The minimum Gasteiger partial charge on any atom is -0.469 e. The van der Waals surface area contributed by atoms with Crippen molar-refractivity contribution in [2.24, 2.45) is 0 Å². The predicted molar refractivity (Wildman–Crippen MR) is 73.5 cm³/mol. The second-order valence-corrected chi connectivity index (χ2v) is 4.92. The van der Waals surface area contributed by atoms with E-state index >= 15 is 0 Å². The molecule has 2 aromatic heterocycles. The van der Waals surface area contributed by atoms with Gasteiger partial charge in [0, 0.05) is 19.2 Å². The van der Waals surface area contributed by atoms with Crippen LogP contribution in [0.15, 0.2) is 28.9 Å². The molecule has 0 fully saturated rings. The molecular formula is C13H12Cl2N2O2. The molecule has 0 aliphatic rings. The first-order valence-corrected chi connectivity index (χ1v) is 6.35. The fourth-order valence-electron chi connectivity index (χ4n) is 1.65. The molecule has 0 unspecified atom stereocenters. The van der Waals surface area contributed by atoms with Gasteiger partial charge in [-0.15, -0.1) is 0 Å². The van der Waals surface area contributed by atoms with Crippen molar-refractivity contribution in [2.45, 2.75) is 13.5 Å². The summed E-state index contributed by atoms with van der Waals surface area (Å²) in [6.07, 6.45) is 1.59. The van der Waals surface area contributed by atoms with E-state index in [4.69, 9.17) is 27.6 Å². The molecule has 6 heteroatoms. The molecule has 0 bridgehead atoms. The standard InChI is InChI=1S/C13H12Cl2N2O2/c1-8-9(5-6-19-8)7-17(2)13(18)12-10(14)3-4-11(15)16-12/h3-6H,7H2,1-2H3. The molecule has 0 aliphatic heterocycles. The number of carbonyl (C=O) groups is 1. The first-order chi connectivity index (χ1) is 8.99. The van der Waals surface area contributed by atoms with Gasteiger partial charge in [-0.05, 0) is 25.1 Å². The van der Waals surface area contributed by atoms with E-state index < -0.39 is 0 Å². The summed E-state index contributed by atoms with van der Waals surface area (Å²) in [5.41, 5.74) is 1.09. The van der Waals surface area contributed by atoms with Crippen LogP contribution in [0.25, 0.3) is 0 Å². The van der Waals surface area contributed by atoms with E-state index in [0.29, 0.717) is 6.54 Å². The molecule has 0 N–H and O–H groups in total. The van der Waals surface area contributed by atoms with Gasteiger partial charge in [0.25, 0.3) is 5.91 Å². The highest BCUT2D eigenvalue weighted by Crippen LogP contribution is 2.19. The van der Waals surface area contributed by atoms with Crippen LogP contribution < -0.4 is 0 Å². The van der Waals surface area contributed by atoms with E-state index in [1.807, 2.05) is 13.0 Å². The number of pyridine rings is 1. The van der Waals surface area contributed by atoms with Crippen LogP contribution in [0.5, 0.6) is 0 Å². The van der Waals surface area contributed by atoms with Crippen LogP contribution in [-0.4, -0.2) is 22.8 Å². The number of amides is 1. The van der Waals surface area contributed by atoms with Crippen LogP contribution >= 0.6 is 23.2 Å². The van der Waals surface area contributed by atoms with Crippen molar-refractivity contribution < 1.29 is 9.21 Å². The highest BCUT2D eigenvalue weighted by atomic mass is 35.5. The lowest BCUT2D eigenvalue weighted by molar-refractivity contribution is 0.0779. The Morgan fingerprint density at radius 1 is 1.37 bits per heavy atom. The van der Waals surface area contributed by atoms with Crippen molar-refractivity contribution in [1.29, 1.82) is 0 Å². The molecule has 0 radical (unpaired) electrons. The van der Waals surface area contributed by atoms with Gasteiger partial charge in [0.1, 0.15) is 16.6 Å². The lowest BCUT2D eigenvalue weighted by atomic mass is 10.2. The Hall–Kier alpha value is -1.52. The Morgan fingerprint density at radius 3 is 2.74 bits per heavy atom. The van der Waals surface area contributed by atoms with E-state index in [-0.39, 0.29) is 21.8 Å². The number of aromatic nitrogens is 1. The van der Waals surface area contributed by atoms with Gasteiger partial charge in [-0.2, -0.15) is 0 Å². The quantitative estimate of drug-likeness (QED) is 0.814. The Kier molecular flexibility index (Phi) is 4.12. The molecule has 4 nitrogen and oxygen atoms in total. The van der Waals surface area contributed by atoms with Crippen LogP contribution in [0.1, 0.15) is 21.8 Å². The smallest absolute Gasteiger partial charge is 0.274 e. The SMILES string of the molecule is Cc1occc1CN(C)C(=O)c1nc(Cl)ccc1Cl. The van der Waals surface area contributed by atoms with E-state index in [9.17, 15) is 4.79 Å². The number of nitrogens with zero attached hydrogens (tertiary/aromatic N) is 2. The molecule has 100 valence electrons. The van der Waals surface area contributed by atoms with Crippen LogP contribution in [0, 0.1) is 6.92 Å². The maximum absolute atomic E-state index is 12.2. The summed E-state index contributed by atoms with van der Waals surface area (Å²) in [6.45, 7) is 2.27. The van der Waals surface area contributed by atoms with Crippen molar-refractivity contribution in [3.63, 3.8) is 0 Å². The Balaban J connectivity index is 2.19. The summed E-state index contributed by atoms with van der Waals surface area (Å²) in [5.74, 6) is 0.498. The number of rotatable bonds is 3.